The minimum Gasteiger partial charge on any atom is -0.507 e. The van der Waals surface area contributed by atoms with E-state index in [0.29, 0.717) is 17.9 Å². The Balaban J connectivity index is 2.45. The normalized spacial score (nSPS) is 10.3. The number of aromatic hydroxyl groups is 1. The lowest BCUT2D eigenvalue weighted by atomic mass is 10.1. The number of hydrogen-bond donors (Lipinski definition) is 2. The molecule has 0 aliphatic carbocycles. The van der Waals surface area contributed by atoms with Gasteiger partial charge in [-0.2, -0.15) is 0 Å². The predicted molar refractivity (Wildman–Crippen MR) is 76.3 cm³/mol. The fourth-order valence-electron chi connectivity index (χ4n) is 2.00. The Morgan fingerprint density at radius 2 is 2.00 bits per heavy atom. The number of halogens is 1. The van der Waals surface area contributed by atoms with Gasteiger partial charge >= 0.3 is 0 Å². The second kappa shape index (κ2) is 5.61. The van der Waals surface area contributed by atoms with Crippen LogP contribution >= 0.6 is 0 Å². The second-order valence-corrected chi connectivity index (χ2v) is 4.28. The summed E-state index contributed by atoms with van der Waals surface area (Å²) in [5.41, 5.74) is 6.41. The van der Waals surface area contributed by atoms with Crippen LogP contribution in [0.5, 0.6) is 5.75 Å². The highest BCUT2D eigenvalue weighted by Gasteiger charge is 2.22. The molecule has 0 aromatic heterocycles. The van der Waals surface area contributed by atoms with Crippen molar-refractivity contribution in [3.63, 3.8) is 0 Å². The summed E-state index contributed by atoms with van der Waals surface area (Å²) in [5.74, 6) is -1.73. The van der Waals surface area contributed by atoms with E-state index in [2.05, 4.69) is 0 Å². The van der Waals surface area contributed by atoms with Crippen LogP contribution in [-0.2, 0) is 0 Å². The minimum absolute atomic E-state index is 0.329. The second-order valence-electron chi connectivity index (χ2n) is 4.28. The van der Waals surface area contributed by atoms with Crippen LogP contribution in [-0.4, -0.2) is 17.6 Å². The standard InChI is InChI=1S/C15H15FN2O2/c1-2-18(11-6-3-5-10(17)9-11)15(20)14-12(16)7-4-8-13(14)19/h3-9,19H,2,17H2,1H3. The number of amides is 1. The smallest absolute Gasteiger partial charge is 0.265 e. The van der Waals surface area contributed by atoms with Crippen LogP contribution in [0.25, 0.3) is 0 Å². The molecular formula is C15H15FN2O2. The topological polar surface area (TPSA) is 66.6 Å². The van der Waals surface area contributed by atoms with Crippen molar-refractivity contribution in [2.45, 2.75) is 6.92 Å². The number of anilines is 2. The highest BCUT2D eigenvalue weighted by molar-refractivity contribution is 6.08. The molecule has 3 N–H and O–H groups in total. The Hall–Kier alpha value is -2.56. The number of carbonyl (C=O) groups excluding carboxylic acids is 1. The van der Waals surface area contributed by atoms with Crippen molar-refractivity contribution < 1.29 is 14.3 Å². The molecule has 0 atom stereocenters. The zero-order chi connectivity index (χ0) is 14.7. The average Bonchev–Trinajstić information content (AvgIpc) is 2.39. The minimum atomic E-state index is -0.752. The van der Waals surface area contributed by atoms with E-state index in [0.717, 1.165) is 6.07 Å². The third-order valence-corrected chi connectivity index (χ3v) is 2.95. The highest BCUT2D eigenvalue weighted by atomic mass is 19.1. The van der Waals surface area contributed by atoms with Gasteiger partial charge in [0.2, 0.25) is 0 Å². The van der Waals surface area contributed by atoms with Gasteiger partial charge < -0.3 is 15.7 Å². The maximum absolute atomic E-state index is 13.8. The number of nitrogens with two attached hydrogens (primary N) is 1. The van der Waals surface area contributed by atoms with E-state index in [1.807, 2.05) is 0 Å². The largest absolute Gasteiger partial charge is 0.507 e. The van der Waals surface area contributed by atoms with Crippen LogP contribution in [0.2, 0.25) is 0 Å². The molecule has 104 valence electrons. The zero-order valence-electron chi connectivity index (χ0n) is 11.0. The SMILES string of the molecule is CCN(C(=O)c1c(O)cccc1F)c1cccc(N)c1. The Morgan fingerprint density at radius 3 is 2.60 bits per heavy atom. The summed E-state index contributed by atoms with van der Waals surface area (Å²) < 4.78 is 13.8. The zero-order valence-corrected chi connectivity index (χ0v) is 11.0. The Kier molecular flexibility index (Phi) is 3.89. The van der Waals surface area contributed by atoms with Crippen molar-refractivity contribution in [3.05, 3.63) is 53.8 Å². The lowest BCUT2D eigenvalue weighted by Crippen LogP contribution is -2.31. The third-order valence-electron chi connectivity index (χ3n) is 2.95. The van der Waals surface area contributed by atoms with Crippen molar-refractivity contribution in [2.75, 3.05) is 17.2 Å². The summed E-state index contributed by atoms with van der Waals surface area (Å²) in [5, 5.41) is 9.70. The molecule has 0 fully saturated rings. The van der Waals surface area contributed by atoms with Crippen molar-refractivity contribution in [3.8, 4) is 5.75 Å². The van der Waals surface area contributed by atoms with Crippen molar-refractivity contribution in [2.24, 2.45) is 0 Å². The number of nitrogens with zero attached hydrogens (tertiary/aromatic N) is 1. The molecule has 0 saturated carbocycles. The summed E-state index contributed by atoms with van der Waals surface area (Å²) in [6, 6.07) is 10.5. The number of hydrogen-bond acceptors (Lipinski definition) is 3. The van der Waals surface area contributed by atoms with Crippen molar-refractivity contribution in [1.29, 1.82) is 0 Å². The molecule has 1 amide bonds. The number of carbonyl (C=O) groups is 1. The number of phenolic OH excluding ortho intramolecular Hbond substituents is 1. The molecule has 0 spiro atoms. The van der Waals surface area contributed by atoms with E-state index in [4.69, 9.17) is 5.73 Å². The first-order valence-corrected chi connectivity index (χ1v) is 6.19. The molecule has 0 heterocycles. The molecule has 20 heavy (non-hydrogen) atoms. The molecule has 2 rings (SSSR count). The van der Waals surface area contributed by atoms with E-state index < -0.39 is 11.7 Å². The van der Waals surface area contributed by atoms with Crippen LogP contribution in [0.15, 0.2) is 42.5 Å². The van der Waals surface area contributed by atoms with E-state index in [1.165, 1.54) is 17.0 Å². The summed E-state index contributed by atoms with van der Waals surface area (Å²) in [7, 11) is 0. The molecule has 0 aliphatic rings. The Bertz CT molecular complexity index is 623. The lowest BCUT2D eigenvalue weighted by Gasteiger charge is -2.22. The van der Waals surface area contributed by atoms with E-state index in [-0.39, 0.29) is 11.3 Å². The van der Waals surface area contributed by atoms with Gasteiger partial charge in [0.25, 0.3) is 5.91 Å². The van der Waals surface area contributed by atoms with Gasteiger partial charge in [0.05, 0.1) is 0 Å². The summed E-state index contributed by atoms with van der Waals surface area (Å²) in [6.07, 6.45) is 0. The number of rotatable bonds is 3. The maximum atomic E-state index is 13.8. The van der Waals surface area contributed by atoms with Gasteiger partial charge in [0.1, 0.15) is 17.1 Å². The quantitative estimate of drug-likeness (QED) is 0.846. The molecular weight excluding hydrogens is 259 g/mol. The van der Waals surface area contributed by atoms with Gasteiger partial charge in [-0.15, -0.1) is 0 Å². The number of nitrogen functional groups attached to an aromatic ring is 1. The van der Waals surface area contributed by atoms with Gasteiger partial charge in [-0.05, 0) is 37.3 Å². The van der Waals surface area contributed by atoms with Crippen LogP contribution < -0.4 is 10.6 Å². The maximum Gasteiger partial charge on any atom is 0.265 e. The number of phenols is 1. The van der Waals surface area contributed by atoms with Gasteiger partial charge in [-0.25, -0.2) is 4.39 Å². The first-order valence-electron chi connectivity index (χ1n) is 6.19. The first kappa shape index (κ1) is 13.9. The summed E-state index contributed by atoms with van der Waals surface area (Å²) >= 11 is 0. The van der Waals surface area contributed by atoms with Crippen LogP contribution in [0.1, 0.15) is 17.3 Å². The predicted octanol–water partition coefficient (Wildman–Crippen LogP) is 2.78. The molecule has 0 radical (unpaired) electrons. The molecule has 4 nitrogen and oxygen atoms in total. The van der Waals surface area contributed by atoms with Gasteiger partial charge in [-0.1, -0.05) is 12.1 Å². The fourth-order valence-corrected chi connectivity index (χ4v) is 2.00. The van der Waals surface area contributed by atoms with E-state index >= 15 is 0 Å². The molecule has 0 bridgehead atoms. The fraction of sp³-hybridized carbons (Fsp3) is 0.133. The highest BCUT2D eigenvalue weighted by Crippen LogP contribution is 2.25. The lowest BCUT2D eigenvalue weighted by molar-refractivity contribution is 0.0981. The molecule has 5 heteroatoms. The van der Waals surface area contributed by atoms with Crippen molar-refractivity contribution in [1.82, 2.24) is 0 Å². The summed E-state index contributed by atoms with van der Waals surface area (Å²) in [4.78, 5) is 13.8. The molecule has 0 saturated heterocycles. The Labute approximate surface area is 116 Å². The molecule has 0 unspecified atom stereocenters. The van der Waals surface area contributed by atoms with Crippen molar-refractivity contribution >= 4 is 17.3 Å². The van der Waals surface area contributed by atoms with Gasteiger partial charge in [-0.3, -0.25) is 4.79 Å². The summed E-state index contributed by atoms with van der Waals surface area (Å²) in [6.45, 7) is 2.09. The van der Waals surface area contributed by atoms with E-state index in [1.54, 1.807) is 31.2 Å². The molecule has 2 aromatic rings. The van der Waals surface area contributed by atoms with Crippen LogP contribution in [0, 0.1) is 5.82 Å². The van der Waals surface area contributed by atoms with Crippen LogP contribution in [0.3, 0.4) is 0 Å². The molecule has 0 aliphatic heterocycles. The monoisotopic (exact) mass is 274 g/mol. The third kappa shape index (κ3) is 2.56. The number of benzene rings is 2. The Morgan fingerprint density at radius 1 is 1.30 bits per heavy atom. The van der Waals surface area contributed by atoms with Crippen LogP contribution in [0.4, 0.5) is 15.8 Å². The molecule has 2 aromatic carbocycles. The van der Waals surface area contributed by atoms with Gasteiger partial charge in [0.15, 0.2) is 0 Å². The van der Waals surface area contributed by atoms with Gasteiger partial charge in [0, 0.05) is 17.9 Å². The van der Waals surface area contributed by atoms with E-state index in [9.17, 15) is 14.3 Å². The average molecular weight is 274 g/mol. The first-order chi connectivity index (χ1) is 9.54.